The van der Waals surface area contributed by atoms with Crippen molar-refractivity contribution in [1.82, 2.24) is 10.9 Å². The van der Waals surface area contributed by atoms with Gasteiger partial charge in [0.05, 0.1) is 5.56 Å². The number of hydrogen-bond donors (Lipinski definition) is 2. The molecule has 0 aliphatic carbocycles. The molecule has 0 saturated heterocycles. The Morgan fingerprint density at radius 3 is 2.20 bits per heavy atom. The summed E-state index contributed by atoms with van der Waals surface area (Å²) in [7, 11) is 0. The summed E-state index contributed by atoms with van der Waals surface area (Å²) in [4.78, 5) is 23.7. The SMILES string of the molecule is Cc1cc(C(=O)NNC(=O)c2ccc(Br)cc2)c(C)o1. The molecule has 0 bridgehead atoms. The number of hydrazine groups is 1. The van der Waals surface area contributed by atoms with Crippen LogP contribution in [0.5, 0.6) is 0 Å². The van der Waals surface area contributed by atoms with E-state index in [4.69, 9.17) is 4.42 Å². The smallest absolute Gasteiger partial charge is 0.273 e. The minimum absolute atomic E-state index is 0.385. The highest BCUT2D eigenvalue weighted by Gasteiger charge is 2.14. The van der Waals surface area contributed by atoms with Crippen molar-refractivity contribution >= 4 is 27.7 Å². The monoisotopic (exact) mass is 336 g/mol. The van der Waals surface area contributed by atoms with Crippen LogP contribution < -0.4 is 10.9 Å². The van der Waals surface area contributed by atoms with E-state index in [1.807, 2.05) is 0 Å². The molecular formula is C14H13BrN2O3. The Hall–Kier alpha value is -2.08. The van der Waals surface area contributed by atoms with E-state index in [0.29, 0.717) is 22.6 Å². The van der Waals surface area contributed by atoms with Crippen LogP contribution in [0.15, 0.2) is 39.2 Å². The van der Waals surface area contributed by atoms with E-state index in [9.17, 15) is 9.59 Å². The van der Waals surface area contributed by atoms with Crippen molar-refractivity contribution in [1.29, 1.82) is 0 Å². The first-order chi connectivity index (χ1) is 9.47. The summed E-state index contributed by atoms with van der Waals surface area (Å²) in [5, 5.41) is 0. The molecule has 0 spiro atoms. The van der Waals surface area contributed by atoms with Crippen LogP contribution in [0.25, 0.3) is 0 Å². The fourth-order valence-corrected chi connectivity index (χ4v) is 1.97. The van der Waals surface area contributed by atoms with Crippen LogP contribution in [0, 0.1) is 13.8 Å². The maximum Gasteiger partial charge on any atom is 0.273 e. The van der Waals surface area contributed by atoms with Gasteiger partial charge in [0.1, 0.15) is 11.5 Å². The molecule has 104 valence electrons. The van der Waals surface area contributed by atoms with Crippen LogP contribution in [0.2, 0.25) is 0 Å². The molecule has 0 aliphatic rings. The Morgan fingerprint density at radius 2 is 1.65 bits per heavy atom. The second-order valence-corrected chi connectivity index (χ2v) is 5.16. The molecule has 2 aromatic rings. The van der Waals surface area contributed by atoms with E-state index in [0.717, 1.165) is 4.47 Å². The molecule has 0 radical (unpaired) electrons. The number of halogens is 1. The number of furan rings is 1. The Balaban J connectivity index is 1.98. The van der Waals surface area contributed by atoms with Crippen molar-refractivity contribution in [2.24, 2.45) is 0 Å². The molecule has 0 unspecified atom stereocenters. The Labute approximate surface area is 124 Å². The third-order valence-corrected chi connectivity index (χ3v) is 3.21. The van der Waals surface area contributed by atoms with Gasteiger partial charge in [-0.25, -0.2) is 0 Å². The quantitative estimate of drug-likeness (QED) is 0.828. The van der Waals surface area contributed by atoms with Gasteiger partial charge in [-0.05, 0) is 44.2 Å². The summed E-state index contributed by atoms with van der Waals surface area (Å²) in [6.45, 7) is 3.45. The molecule has 1 aromatic heterocycles. The van der Waals surface area contributed by atoms with E-state index in [1.54, 1.807) is 44.2 Å². The summed E-state index contributed by atoms with van der Waals surface area (Å²) in [6, 6.07) is 8.43. The van der Waals surface area contributed by atoms with Gasteiger partial charge < -0.3 is 4.42 Å². The van der Waals surface area contributed by atoms with E-state index in [-0.39, 0.29) is 5.91 Å². The van der Waals surface area contributed by atoms with E-state index in [1.165, 1.54) is 0 Å². The second-order valence-electron chi connectivity index (χ2n) is 4.24. The van der Waals surface area contributed by atoms with Gasteiger partial charge in [0.25, 0.3) is 11.8 Å². The van der Waals surface area contributed by atoms with Gasteiger partial charge in [-0.3, -0.25) is 20.4 Å². The van der Waals surface area contributed by atoms with Gasteiger partial charge in [-0.1, -0.05) is 15.9 Å². The first kappa shape index (κ1) is 14.3. The minimum Gasteiger partial charge on any atom is -0.466 e. The molecule has 0 atom stereocenters. The lowest BCUT2D eigenvalue weighted by Crippen LogP contribution is -2.41. The molecule has 5 nitrogen and oxygen atoms in total. The number of carbonyl (C=O) groups is 2. The molecule has 2 N–H and O–H groups in total. The first-order valence-corrected chi connectivity index (χ1v) is 6.70. The van der Waals surface area contributed by atoms with Crippen LogP contribution in [-0.2, 0) is 0 Å². The number of benzene rings is 1. The Bertz CT molecular complexity index is 647. The highest BCUT2D eigenvalue weighted by molar-refractivity contribution is 9.10. The molecule has 6 heteroatoms. The number of nitrogens with one attached hydrogen (secondary N) is 2. The van der Waals surface area contributed by atoms with Crippen LogP contribution in [-0.4, -0.2) is 11.8 Å². The number of aryl methyl sites for hydroxylation is 2. The molecule has 0 aliphatic heterocycles. The van der Waals surface area contributed by atoms with Crippen LogP contribution >= 0.6 is 15.9 Å². The fraction of sp³-hybridized carbons (Fsp3) is 0.143. The molecule has 2 rings (SSSR count). The van der Waals surface area contributed by atoms with Crippen LogP contribution in [0.4, 0.5) is 0 Å². The molecular weight excluding hydrogens is 324 g/mol. The zero-order chi connectivity index (χ0) is 14.7. The van der Waals surface area contributed by atoms with Crippen molar-refractivity contribution in [3.63, 3.8) is 0 Å². The lowest BCUT2D eigenvalue weighted by Gasteiger charge is -2.06. The maximum absolute atomic E-state index is 11.9. The lowest BCUT2D eigenvalue weighted by atomic mass is 10.2. The van der Waals surface area contributed by atoms with Crippen molar-refractivity contribution < 1.29 is 14.0 Å². The largest absolute Gasteiger partial charge is 0.466 e. The van der Waals surface area contributed by atoms with Crippen LogP contribution in [0.1, 0.15) is 32.2 Å². The highest BCUT2D eigenvalue weighted by atomic mass is 79.9. The van der Waals surface area contributed by atoms with E-state index in [2.05, 4.69) is 26.8 Å². The number of amides is 2. The van der Waals surface area contributed by atoms with Crippen molar-refractivity contribution in [3.8, 4) is 0 Å². The normalized spacial score (nSPS) is 10.2. The van der Waals surface area contributed by atoms with Crippen LogP contribution in [0.3, 0.4) is 0 Å². The third-order valence-electron chi connectivity index (χ3n) is 2.68. The van der Waals surface area contributed by atoms with Crippen molar-refractivity contribution in [2.45, 2.75) is 13.8 Å². The summed E-state index contributed by atoms with van der Waals surface area (Å²) < 4.78 is 6.14. The molecule has 0 saturated carbocycles. The zero-order valence-corrected chi connectivity index (χ0v) is 12.6. The molecule has 1 heterocycles. The van der Waals surface area contributed by atoms with Gasteiger partial charge in [-0.2, -0.15) is 0 Å². The van der Waals surface area contributed by atoms with Gasteiger partial charge in [0.2, 0.25) is 0 Å². The predicted octanol–water partition coefficient (Wildman–Crippen LogP) is 2.73. The minimum atomic E-state index is -0.412. The summed E-state index contributed by atoms with van der Waals surface area (Å²) in [5.41, 5.74) is 5.57. The lowest BCUT2D eigenvalue weighted by molar-refractivity contribution is 0.0845. The average Bonchev–Trinajstić information content (AvgIpc) is 2.75. The van der Waals surface area contributed by atoms with Crippen molar-refractivity contribution in [2.75, 3.05) is 0 Å². The zero-order valence-electron chi connectivity index (χ0n) is 11.0. The Morgan fingerprint density at radius 1 is 1.05 bits per heavy atom. The van der Waals surface area contributed by atoms with E-state index >= 15 is 0 Å². The standard InChI is InChI=1S/C14H13BrN2O3/c1-8-7-12(9(2)20-8)14(19)17-16-13(18)10-3-5-11(15)6-4-10/h3-7H,1-2H3,(H,16,18)(H,17,19). The second kappa shape index (κ2) is 5.92. The summed E-state index contributed by atoms with van der Waals surface area (Å²) in [6.07, 6.45) is 0. The number of carbonyl (C=O) groups excluding carboxylic acids is 2. The fourth-order valence-electron chi connectivity index (χ4n) is 1.71. The Kier molecular flexibility index (Phi) is 4.24. The summed E-state index contributed by atoms with van der Waals surface area (Å²) >= 11 is 3.29. The first-order valence-electron chi connectivity index (χ1n) is 5.90. The molecule has 1 aromatic carbocycles. The summed E-state index contributed by atoms with van der Waals surface area (Å²) in [5.74, 6) is 0.360. The molecule has 0 fully saturated rings. The van der Waals surface area contributed by atoms with Gasteiger partial charge in [-0.15, -0.1) is 0 Å². The number of hydrogen-bond acceptors (Lipinski definition) is 3. The maximum atomic E-state index is 11.9. The third kappa shape index (κ3) is 3.27. The van der Waals surface area contributed by atoms with Gasteiger partial charge in [0.15, 0.2) is 0 Å². The topological polar surface area (TPSA) is 71.3 Å². The predicted molar refractivity (Wildman–Crippen MR) is 77.3 cm³/mol. The highest BCUT2D eigenvalue weighted by Crippen LogP contribution is 2.13. The molecule has 20 heavy (non-hydrogen) atoms. The average molecular weight is 337 g/mol. The van der Waals surface area contributed by atoms with Crippen molar-refractivity contribution in [3.05, 3.63) is 57.5 Å². The van der Waals surface area contributed by atoms with Gasteiger partial charge in [0, 0.05) is 10.0 Å². The molecule has 2 amide bonds. The van der Waals surface area contributed by atoms with Gasteiger partial charge >= 0.3 is 0 Å². The van der Waals surface area contributed by atoms with E-state index < -0.39 is 5.91 Å². The number of rotatable bonds is 2.